The van der Waals surface area contributed by atoms with Crippen LogP contribution in [0.5, 0.6) is 0 Å². The summed E-state index contributed by atoms with van der Waals surface area (Å²) >= 11 is 7.16. The molecule has 1 aliphatic heterocycles. The van der Waals surface area contributed by atoms with Crippen LogP contribution in [-0.4, -0.2) is 47.8 Å². The molecule has 0 aromatic carbocycles. The molecule has 1 aromatic rings. The normalized spacial score (nSPS) is 19.2. The molecular formula is C11H13ClN2O4S. The minimum atomic E-state index is -1.06. The third-order valence-corrected chi connectivity index (χ3v) is 3.95. The van der Waals surface area contributed by atoms with Crippen LogP contribution in [0.15, 0.2) is 12.1 Å². The number of amides is 2. The van der Waals surface area contributed by atoms with E-state index in [1.165, 1.54) is 16.2 Å². The third kappa shape index (κ3) is 3.59. The van der Waals surface area contributed by atoms with Gasteiger partial charge in [0.2, 0.25) is 0 Å². The quantitative estimate of drug-likeness (QED) is 0.884. The van der Waals surface area contributed by atoms with Crippen molar-refractivity contribution in [3.63, 3.8) is 0 Å². The summed E-state index contributed by atoms with van der Waals surface area (Å²) in [6.45, 7) is 0.976. The van der Waals surface area contributed by atoms with E-state index in [4.69, 9.17) is 21.4 Å². The molecular weight excluding hydrogens is 292 g/mol. The lowest BCUT2D eigenvalue weighted by atomic mass is 10.2. The molecule has 1 unspecified atom stereocenters. The van der Waals surface area contributed by atoms with Crippen LogP contribution in [0.2, 0.25) is 4.34 Å². The van der Waals surface area contributed by atoms with Crippen LogP contribution in [0, 0.1) is 0 Å². The summed E-state index contributed by atoms with van der Waals surface area (Å²) in [5.74, 6) is -1.06. The fraction of sp³-hybridized carbons (Fsp3) is 0.455. The summed E-state index contributed by atoms with van der Waals surface area (Å²) in [5, 5.41) is 11.7. The molecule has 2 N–H and O–H groups in total. The molecule has 8 heteroatoms. The number of ether oxygens (including phenoxy) is 1. The first-order valence-electron chi connectivity index (χ1n) is 5.67. The van der Waals surface area contributed by atoms with Gasteiger partial charge < -0.3 is 20.1 Å². The van der Waals surface area contributed by atoms with E-state index in [1.807, 2.05) is 6.07 Å². The first kappa shape index (κ1) is 14.1. The molecule has 0 aliphatic carbocycles. The highest BCUT2D eigenvalue weighted by atomic mass is 35.5. The number of carboxylic acid groups (broad SMARTS) is 1. The number of nitrogens with zero attached hydrogens (tertiary/aromatic N) is 1. The number of aliphatic carboxylic acids is 1. The molecule has 1 aromatic heterocycles. The topological polar surface area (TPSA) is 78.9 Å². The first-order valence-corrected chi connectivity index (χ1v) is 6.86. The summed E-state index contributed by atoms with van der Waals surface area (Å²) in [6, 6.07) is 2.24. The standard InChI is InChI=1S/C11H13ClN2O4S/c12-9-2-1-7(19-9)5-13-11(17)14-3-4-18-6-8(14)10(15)16/h1-2,8H,3-6H2,(H,13,17)(H,15,16). The lowest BCUT2D eigenvalue weighted by Crippen LogP contribution is -2.55. The van der Waals surface area contributed by atoms with Crippen LogP contribution in [0.3, 0.4) is 0 Å². The van der Waals surface area contributed by atoms with Crippen molar-refractivity contribution in [3.05, 3.63) is 21.3 Å². The van der Waals surface area contributed by atoms with Crippen molar-refractivity contribution in [2.24, 2.45) is 0 Å². The van der Waals surface area contributed by atoms with Gasteiger partial charge in [-0.2, -0.15) is 0 Å². The Labute approximate surface area is 118 Å². The number of halogens is 1. The second-order valence-electron chi connectivity index (χ2n) is 3.99. The van der Waals surface area contributed by atoms with Crippen LogP contribution in [0.1, 0.15) is 4.88 Å². The predicted molar refractivity (Wildman–Crippen MR) is 70.5 cm³/mol. The van der Waals surface area contributed by atoms with Gasteiger partial charge >= 0.3 is 12.0 Å². The van der Waals surface area contributed by atoms with Gasteiger partial charge in [0.25, 0.3) is 0 Å². The number of thiophene rings is 1. The lowest BCUT2D eigenvalue weighted by Gasteiger charge is -2.32. The second kappa shape index (κ2) is 6.23. The summed E-state index contributed by atoms with van der Waals surface area (Å²) in [5.41, 5.74) is 0. The Morgan fingerprint density at radius 2 is 2.37 bits per heavy atom. The summed E-state index contributed by atoms with van der Waals surface area (Å²) in [7, 11) is 0. The zero-order valence-electron chi connectivity index (χ0n) is 9.97. The van der Waals surface area contributed by atoms with Gasteiger partial charge in [-0.15, -0.1) is 11.3 Å². The highest BCUT2D eigenvalue weighted by Crippen LogP contribution is 2.21. The maximum atomic E-state index is 12.0. The minimum absolute atomic E-state index is 0.0214. The maximum absolute atomic E-state index is 12.0. The molecule has 2 amide bonds. The average Bonchev–Trinajstić information content (AvgIpc) is 2.81. The monoisotopic (exact) mass is 304 g/mol. The largest absolute Gasteiger partial charge is 0.480 e. The molecule has 0 saturated carbocycles. The number of carboxylic acids is 1. The van der Waals surface area contributed by atoms with Gasteiger partial charge in [0.15, 0.2) is 6.04 Å². The number of urea groups is 1. The minimum Gasteiger partial charge on any atom is -0.480 e. The molecule has 0 spiro atoms. The summed E-state index contributed by atoms with van der Waals surface area (Å²) < 4.78 is 5.72. The molecule has 6 nitrogen and oxygen atoms in total. The van der Waals surface area contributed by atoms with Gasteiger partial charge in [0, 0.05) is 11.4 Å². The second-order valence-corrected chi connectivity index (χ2v) is 5.79. The third-order valence-electron chi connectivity index (χ3n) is 2.72. The molecule has 0 bridgehead atoms. The van der Waals surface area contributed by atoms with Crippen LogP contribution in [0.25, 0.3) is 0 Å². The Morgan fingerprint density at radius 1 is 1.58 bits per heavy atom. The van der Waals surface area contributed by atoms with Gasteiger partial charge in [-0.05, 0) is 12.1 Å². The molecule has 2 heterocycles. The Hall–Kier alpha value is -1.31. The molecule has 1 aliphatic rings. The van der Waals surface area contributed by atoms with Crippen LogP contribution >= 0.6 is 22.9 Å². The zero-order valence-corrected chi connectivity index (χ0v) is 11.5. The SMILES string of the molecule is O=C(O)C1COCCN1C(=O)NCc1ccc(Cl)s1. The molecule has 19 heavy (non-hydrogen) atoms. The fourth-order valence-electron chi connectivity index (χ4n) is 1.76. The van der Waals surface area contributed by atoms with Crippen LogP contribution < -0.4 is 5.32 Å². The van der Waals surface area contributed by atoms with E-state index in [2.05, 4.69) is 5.32 Å². The smallest absolute Gasteiger partial charge is 0.328 e. The van der Waals surface area contributed by atoms with Gasteiger partial charge in [-0.25, -0.2) is 9.59 Å². The van der Waals surface area contributed by atoms with Crippen molar-refractivity contribution in [1.29, 1.82) is 0 Å². The number of nitrogens with one attached hydrogen (secondary N) is 1. The van der Waals surface area contributed by atoms with Gasteiger partial charge in [-0.3, -0.25) is 0 Å². The van der Waals surface area contributed by atoms with Crippen molar-refractivity contribution in [1.82, 2.24) is 10.2 Å². The number of hydrogen-bond donors (Lipinski definition) is 2. The number of rotatable bonds is 3. The highest BCUT2D eigenvalue weighted by molar-refractivity contribution is 7.16. The van der Waals surface area contributed by atoms with Crippen LogP contribution in [-0.2, 0) is 16.1 Å². The van der Waals surface area contributed by atoms with Crippen molar-refractivity contribution in [2.45, 2.75) is 12.6 Å². The van der Waals surface area contributed by atoms with E-state index in [0.29, 0.717) is 17.5 Å². The van der Waals surface area contributed by atoms with E-state index >= 15 is 0 Å². The highest BCUT2D eigenvalue weighted by Gasteiger charge is 2.32. The number of carbonyl (C=O) groups excluding carboxylic acids is 1. The van der Waals surface area contributed by atoms with Crippen molar-refractivity contribution in [2.75, 3.05) is 19.8 Å². The number of morpholine rings is 1. The summed E-state index contributed by atoms with van der Waals surface area (Å²) in [6.07, 6.45) is 0. The van der Waals surface area contributed by atoms with Crippen molar-refractivity contribution in [3.8, 4) is 0 Å². The Balaban J connectivity index is 1.92. The molecule has 1 fully saturated rings. The predicted octanol–water partition coefficient (Wildman–Crippen LogP) is 1.40. The molecule has 1 saturated heterocycles. The van der Waals surface area contributed by atoms with E-state index in [0.717, 1.165) is 4.88 Å². The number of carbonyl (C=O) groups is 2. The first-order chi connectivity index (χ1) is 9.08. The van der Waals surface area contributed by atoms with Crippen molar-refractivity contribution >= 4 is 34.9 Å². The average molecular weight is 305 g/mol. The fourth-order valence-corrected chi connectivity index (χ4v) is 2.79. The zero-order chi connectivity index (χ0) is 13.8. The van der Waals surface area contributed by atoms with E-state index in [1.54, 1.807) is 6.07 Å². The summed E-state index contributed by atoms with van der Waals surface area (Å²) in [4.78, 5) is 25.2. The lowest BCUT2D eigenvalue weighted by molar-refractivity contribution is -0.147. The molecule has 1 atom stereocenters. The maximum Gasteiger partial charge on any atom is 0.328 e. The van der Waals surface area contributed by atoms with Crippen LogP contribution in [0.4, 0.5) is 4.79 Å². The molecule has 2 rings (SSSR count). The Kier molecular flexibility index (Phi) is 4.62. The molecule has 0 radical (unpaired) electrons. The Morgan fingerprint density at radius 3 is 3.00 bits per heavy atom. The Bertz CT molecular complexity index is 479. The van der Waals surface area contributed by atoms with E-state index in [-0.39, 0.29) is 13.2 Å². The van der Waals surface area contributed by atoms with Gasteiger partial charge in [0.05, 0.1) is 24.1 Å². The van der Waals surface area contributed by atoms with Crippen molar-refractivity contribution < 1.29 is 19.4 Å². The number of hydrogen-bond acceptors (Lipinski definition) is 4. The van der Waals surface area contributed by atoms with Gasteiger partial charge in [0.1, 0.15) is 0 Å². The molecule has 104 valence electrons. The van der Waals surface area contributed by atoms with E-state index in [9.17, 15) is 9.59 Å². The van der Waals surface area contributed by atoms with E-state index < -0.39 is 18.0 Å². The van der Waals surface area contributed by atoms with Gasteiger partial charge in [-0.1, -0.05) is 11.6 Å².